The normalized spacial score (nSPS) is 22.6. The van der Waals surface area contributed by atoms with E-state index in [1.54, 1.807) is 6.21 Å². The maximum absolute atomic E-state index is 5.57. The summed E-state index contributed by atoms with van der Waals surface area (Å²) in [6.07, 6.45) is 7.05. The van der Waals surface area contributed by atoms with Crippen LogP contribution in [0.4, 0.5) is 0 Å². The van der Waals surface area contributed by atoms with Crippen molar-refractivity contribution in [3.05, 3.63) is 9.90 Å². The van der Waals surface area contributed by atoms with Gasteiger partial charge in [-0.2, -0.15) is 0 Å². The van der Waals surface area contributed by atoms with Crippen molar-refractivity contribution in [2.45, 2.75) is 32.5 Å². The van der Waals surface area contributed by atoms with Gasteiger partial charge in [-0.1, -0.05) is 0 Å². The molecule has 16 heavy (non-hydrogen) atoms. The van der Waals surface area contributed by atoms with Gasteiger partial charge >= 0.3 is 0 Å². The van der Waals surface area contributed by atoms with Gasteiger partial charge in [-0.15, -0.1) is 0 Å². The molecule has 0 saturated carbocycles. The molecule has 0 bridgehead atoms. The van der Waals surface area contributed by atoms with Gasteiger partial charge in [0.25, 0.3) is 0 Å². The summed E-state index contributed by atoms with van der Waals surface area (Å²) in [5.41, 5.74) is 0. The standard InChI is InChI=1S/C11H19IN2O2/c1-2-14-10(12)9-13-6-8-16-11-5-3-4-7-15-11/h2,9,11,13H,3-8H2,1H3/b10-9-,14-2?. The van der Waals surface area contributed by atoms with Crippen molar-refractivity contribution in [3.8, 4) is 0 Å². The van der Waals surface area contributed by atoms with E-state index in [0.29, 0.717) is 6.61 Å². The van der Waals surface area contributed by atoms with Crippen LogP contribution in [0.25, 0.3) is 0 Å². The van der Waals surface area contributed by atoms with Gasteiger partial charge in [0.2, 0.25) is 0 Å². The number of halogens is 1. The highest BCUT2D eigenvalue weighted by Gasteiger charge is 2.12. The Morgan fingerprint density at radius 3 is 3.19 bits per heavy atom. The van der Waals surface area contributed by atoms with Crippen molar-refractivity contribution in [2.75, 3.05) is 19.8 Å². The van der Waals surface area contributed by atoms with Crippen LogP contribution in [-0.2, 0) is 9.47 Å². The Morgan fingerprint density at radius 1 is 1.62 bits per heavy atom. The first-order valence-electron chi connectivity index (χ1n) is 5.64. The molecular formula is C11H19IN2O2. The van der Waals surface area contributed by atoms with Crippen LogP contribution in [-0.4, -0.2) is 32.3 Å². The molecule has 1 aliphatic rings. The summed E-state index contributed by atoms with van der Waals surface area (Å²) in [4.78, 5) is 4.11. The smallest absolute Gasteiger partial charge is 0.157 e. The summed E-state index contributed by atoms with van der Waals surface area (Å²) in [7, 11) is 0. The Kier molecular flexibility index (Phi) is 7.79. The highest BCUT2D eigenvalue weighted by atomic mass is 127. The van der Waals surface area contributed by atoms with Gasteiger partial charge in [-0.25, -0.2) is 0 Å². The van der Waals surface area contributed by atoms with Crippen molar-refractivity contribution < 1.29 is 9.47 Å². The molecule has 1 N–H and O–H groups in total. The zero-order valence-electron chi connectivity index (χ0n) is 9.62. The minimum absolute atomic E-state index is 0.00673. The molecule has 1 unspecified atom stereocenters. The van der Waals surface area contributed by atoms with Crippen LogP contribution >= 0.6 is 22.6 Å². The van der Waals surface area contributed by atoms with Gasteiger partial charge < -0.3 is 14.8 Å². The molecule has 0 amide bonds. The van der Waals surface area contributed by atoms with Gasteiger partial charge in [-0.3, -0.25) is 4.99 Å². The topological polar surface area (TPSA) is 42.9 Å². The molecule has 0 aromatic carbocycles. The molecule has 0 aliphatic carbocycles. The second-order valence-corrected chi connectivity index (χ2v) is 4.58. The van der Waals surface area contributed by atoms with Crippen molar-refractivity contribution in [1.82, 2.24) is 5.32 Å². The Morgan fingerprint density at radius 2 is 2.50 bits per heavy atom. The first-order chi connectivity index (χ1) is 7.83. The lowest BCUT2D eigenvalue weighted by atomic mass is 10.2. The molecule has 0 spiro atoms. The van der Waals surface area contributed by atoms with Gasteiger partial charge in [0.05, 0.1) is 6.61 Å². The average molecular weight is 338 g/mol. The number of hydrogen-bond donors (Lipinski definition) is 1. The van der Waals surface area contributed by atoms with E-state index < -0.39 is 0 Å². The predicted molar refractivity (Wildman–Crippen MR) is 73.8 cm³/mol. The lowest BCUT2D eigenvalue weighted by molar-refractivity contribution is -0.161. The molecule has 92 valence electrons. The maximum Gasteiger partial charge on any atom is 0.157 e. The van der Waals surface area contributed by atoms with Crippen LogP contribution in [0.1, 0.15) is 26.2 Å². The van der Waals surface area contributed by atoms with Crippen LogP contribution in [0.3, 0.4) is 0 Å². The monoisotopic (exact) mass is 338 g/mol. The molecule has 5 heteroatoms. The van der Waals surface area contributed by atoms with Crippen LogP contribution < -0.4 is 5.32 Å². The summed E-state index contributed by atoms with van der Waals surface area (Å²) in [5, 5.41) is 3.15. The van der Waals surface area contributed by atoms with Crippen molar-refractivity contribution in [2.24, 2.45) is 4.99 Å². The number of nitrogens with one attached hydrogen (secondary N) is 1. The Bertz CT molecular complexity index is 238. The van der Waals surface area contributed by atoms with Gasteiger partial charge in [0.1, 0.15) is 3.70 Å². The molecule has 0 aromatic rings. The second-order valence-electron chi connectivity index (χ2n) is 3.48. The molecule has 1 aliphatic heterocycles. The van der Waals surface area contributed by atoms with E-state index in [9.17, 15) is 0 Å². The largest absolute Gasteiger partial charge is 0.386 e. The highest BCUT2D eigenvalue weighted by molar-refractivity contribution is 14.1. The SMILES string of the molecule is CC=N/C(I)=C\NCCOC1CCCCO1. The van der Waals surface area contributed by atoms with E-state index in [2.05, 4.69) is 32.9 Å². The molecule has 1 rings (SSSR count). The fourth-order valence-electron chi connectivity index (χ4n) is 1.41. The molecule has 0 radical (unpaired) electrons. The first-order valence-corrected chi connectivity index (χ1v) is 6.71. The van der Waals surface area contributed by atoms with Crippen molar-refractivity contribution in [1.29, 1.82) is 0 Å². The Labute approximate surface area is 111 Å². The van der Waals surface area contributed by atoms with Crippen LogP contribution in [0.2, 0.25) is 0 Å². The fraction of sp³-hybridized carbons (Fsp3) is 0.727. The summed E-state index contributed by atoms with van der Waals surface area (Å²) in [6.45, 7) is 4.18. The van der Waals surface area contributed by atoms with Crippen LogP contribution in [0.5, 0.6) is 0 Å². The van der Waals surface area contributed by atoms with Crippen molar-refractivity contribution in [3.63, 3.8) is 0 Å². The lowest BCUT2D eigenvalue weighted by Crippen LogP contribution is -2.25. The molecule has 1 saturated heterocycles. The Hall–Kier alpha value is -0.140. The highest BCUT2D eigenvalue weighted by Crippen LogP contribution is 2.13. The number of nitrogens with zero attached hydrogens (tertiary/aromatic N) is 1. The van der Waals surface area contributed by atoms with Crippen LogP contribution in [0.15, 0.2) is 14.9 Å². The maximum atomic E-state index is 5.57. The minimum Gasteiger partial charge on any atom is -0.386 e. The van der Waals surface area contributed by atoms with Crippen LogP contribution in [0, 0.1) is 0 Å². The molecular weight excluding hydrogens is 319 g/mol. The second kappa shape index (κ2) is 8.95. The summed E-state index contributed by atoms with van der Waals surface area (Å²) in [5.74, 6) is 0. The number of ether oxygens (including phenoxy) is 2. The van der Waals surface area contributed by atoms with E-state index in [1.165, 1.54) is 6.42 Å². The zero-order chi connectivity index (χ0) is 11.6. The molecule has 0 aromatic heterocycles. The average Bonchev–Trinajstić information content (AvgIpc) is 2.30. The summed E-state index contributed by atoms with van der Waals surface area (Å²) in [6, 6.07) is 0. The zero-order valence-corrected chi connectivity index (χ0v) is 11.8. The van der Waals surface area contributed by atoms with E-state index >= 15 is 0 Å². The predicted octanol–water partition coefficient (Wildman–Crippen LogP) is 2.44. The van der Waals surface area contributed by atoms with Gasteiger partial charge in [0.15, 0.2) is 6.29 Å². The van der Waals surface area contributed by atoms with Gasteiger partial charge in [0, 0.05) is 25.6 Å². The van der Waals surface area contributed by atoms with Gasteiger partial charge in [-0.05, 0) is 48.8 Å². The summed E-state index contributed by atoms with van der Waals surface area (Å²) < 4.78 is 12.0. The molecule has 1 atom stereocenters. The van der Waals surface area contributed by atoms with E-state index in [-0.39, 0.29) is 6.29 Å². The Balaban J connectivity index is 2.00. The molecule has 4 nitrogen and oxygen atoms in total. The third kappa shape index (κ3) is 6.44. The quantitative estimate of drug-likeness (QED) is 0.350. The third-order valence-corrected chi connectivity index (χ3v) is 2.75. The number of aliphatic imine (C=N–C) groups is 1. The lowest BCUT2D eigenvalue weighted by Gasteiger charge is -2.22. The van der Waals surface area contributed by atoms with E-state index in [4.69, 9.17) is 9.47 Å². The molecule has 1 fully saturated rings. The fourth-order valence-corrected chi connectivity index (χ4v) is 1.91. The summed E-state index contributed by atoms with van der Waals surface area (Å²) >= 11 is 2.17. The minimum atomic E-state index is 0.00673. The molecule has 1 heterocycles. The third-order valence-electron chi connectivity index (χ3n) is 2.16. The van der Waals surface area contributed by atoms with Crippen molar-refractivity contribution >= 4 is 28.8 Å². The van der Waals surface area contributed by atoms with E-state index in [0.717, 1.165) is 29.7 Å². The number of hydrogen-bond acceptors (Lipinski definition) is 4. The number of rotatable bonds is 6. The van der Waals surface area contributed by atoms with E-state index in [1.807, 2.05) is 13.1 Å². The first kappa shape index (κ1) is 13.9.